The molecule has 1 aromatic carbocycles. The molecule has 1 aromatic rings. The Kier molecular flexibility index (Phi) is 3.81. The quantitative estimate of drug-likeness (QED) is 0.746. The fraction of sp³-hybridized carbons (Fsp3) is 0.182. The molecular formula is C11H9F2NO. The second-order valence-corrected chi connectivity index (χ2v) is 2.86. The van der Waals surface area contributed by atoms with Gasteiger partial charge in [-0.25, -0.2) is 8.78 Å². The predicted octanol–water partition coefficient (Wildman–Crippen LogP) is 1.26. The summed E-state index contributed by atoms with van der Waals surface area (Å²) in [4.78, 5) is 11.1. The average Bonchev–Trinajstić information content (AvgIpc) is 2.21. The van der Waals surface area contributed by atoms with Crippen molar-refractivity contribution in [3.05, 3.63) is 35.4 Å². The molecule has 0 bridgehead atoms. The average molecular weight is 209 g/mol. The zero-order valence-electron chi connectivity index (χ0n) is 7.89. The third kappa shape index (κ3) is 3.06. The minimum atomic E-state index is -0.731. The predicted molar refractivity (Wildman–Crippen MR) is 51.9 cm³/mol. The maximum Gasteiger partial charge on any atom is 0.225 e. The lowest BCUT2D eigenvalue weighted by Gasteiger charge is -2.04. The third-order valence-corrected chi connectivity index (χ3v) is 1.79. The van der Waals surface area contributed by atoms with E-state index >= 15 is 0 Å². The molecule has 0 atom stereocenters. The van der Waals surface area contributed by atoms with E-state index in [0.717, 1.165) is 12.1 Å². The van der Waals surface area contributed by atoms with E-state index in [-0.39, 0.29) is 18.5 Å². The molecule has 0 saturated heterocycles. The molecular weight excluding hydrogens is 200 g/mol. The number of terminal acetylenes is 1. The van der Waals surface area contributed by atoms with Crippen LogP contribution in [-0.2, 0) is 11.2 Å². The molecule has 0 heterocycles. The SMILES string of the molecule is C#CCNC(=O)Cc1c(F)cccc1F. The van der Waals surface area contributed by atoms with E-state index in [1.165, 1.54) is 6.07 Å². The maximum atomic E-state index is 13.1. The lowest BCUT2D eigenvalue weighted by atomic mass is 10.1. The second-order valence-electron chi connectivity index (χ2n) is 2.86. The van der Waals surface area contributed by atoms with E-state index in [0.29, 0.717) is 0 Å². The van der Waals surface area contributed by atoms with Crippen LogP contribution in [0.3, 0.4) is 0 Å². The molecule has 0 aliphatic carbocycles. The zero-order valence-corrected chi connectivity index (χ0v) is 7.89. The van der Waals surface area contributed by atoms with Crippen molar-refractivity contribution in [3.8, 4) is 12.3 Å². The fourth-order valence-electron chi connectivity index (χ4n) is 1.07. The van der Waals surface area contributed by atoms with Crippen LogP contribution in [0, 0.1) is 24.0 Å². The molecule has 0 aliphatic rings. The van der Waals surface area contributed by atoms with Crippen molar-refractivity contribution in [2.24, 2.45) is 0 Å². The highest BCUT2D eigenvalue weighted by atomic mass is 19.1. The summed E-state index contributed by atoms with van der Waals surface area (Å²) in [5.74, 6) is 0.230. The van der Waals surface area contributed by atoms with Crippen molar-refractivity contribution in [2.45, 2.75) is 6.42 Å². The summed E-state index contributed by atoms with van der Waals surface area (Å²) in [5.41, 5.74) is -0.243. The van der Waals surface area contributed by atoms with Crippen molar-refractivity contribution in [1.29, 1.82) is 0 Å². The summed E-state index contributed by atoms with van der Waals surface area (Å²) >= 11 is 0. The molecule has 0 saturated carbocycles. The van der Waals surface area contributed by atoms with Crippen LogP contribution < -0.4 is 5.32 Å². The first-order chi connectivity index (χ1) is 7.15. The van der Waals surface area contributed by atoms with Crippen molar-refractivity contribution in [3.63, 3.8) is 0 Å². The number of carbonyl (C=O) groups is 1. The zero-order chi connectivity index (χ0) is 11.3. The molecule has 0 aliphatic heterocycles. The van der Waals surface area contributed by atoms with E-state index in [1.54, 1.807) is 0 Å². The Balaban J connectivity index is 2.73. The molecule has 78 valence electrons. The first kappa shape index (κ1) is 11.2. The molecule has 4 heteroatoms. The Labute approximate surface area is 86.3 Å². The van der Waals surface area contributed by atoms with Gasteiger partial charge in [-0.3, -0.25) is 4.79 Å². The van der Waals surface area contributed by atoms with Crippen molar-refractivity contribution in [1.82, 2.24) is 5.32 Å². The number of halogens is 2. The van der Waals surface area contributed by atoms with Crippen molar-refractivity contribution in [2.75, 3.05) is 6.54 Å². The van der Waals surface area contributed by atoms with Crippen LogP contribution >= 0.6 is 0 Å². The molecule has 2 nitrogen and oxygen atoms in total. The van der Waals surface area contributed by atoms with Crippen molar-refractivity contribution < 1.29 is 13.6 Å². The first-order valence-corrected chi connectivity index (χ1v) is 4.28. The summed E-state index contributed by atoms with van der Waals surface area (Å²) < 4.78 is 26.1. The van der Waals surface area contributed by atoms with Gasteiger partial charge in [0.25, 0.3) is 0 Å². The molecule has 0 fully saturated rings. The summed E-state index contributed by atoms with van der Waals surface area (Å²) in [6.07, 6.45) is 4.57. The van der Waals surface area contributed by atoms with Crippen LogP contribution in [0.1, 0.15) is 5.56 Å². The number of amides is 1. The normalized spacial score (nSPS) is 9.40. The Hall–Kier alpha value is -1.89. The third-order valence-electron chi connectivity index (χ3n) is 1.79. The van der Waals surface area contributed by atoms with Crippen LogP contribution in [0.2, 0.25) is 0 Å². The molecule has 0 radical (unpaired) electrons. The van der Waals surface area contributed by atoms with Crippen LogP contribution in [0.5, 0.6) is 0 Å². The Morgan fingerprint density at radius 1 is 1.40 bits per heavy atom. The smallest absolute Gasteiger partial charge is 0.225 e. The van der Waals surface area contributed by atoms with Gasteiger partial charge in [0, 0.05) is 5.56 Å². The van der Waals surface area contributed by atoms with Gasteiger partial charge >= 0.3 is 0 Å². The Morgan fingerprint density at radius 3 is 2.53 bits per heavy atom. The van der Waals surface area contributed by atoms with Gasteiger partial charge in [0.15, 0.2) is 0 Å². The standard InChI is InChI=1S/C11H9F2NO/c1-2-6-14-11(15)7-8-9(12)4-3-5-10(8)13/h1,3-5H,6-7H2,(H,14,15). The van der Waals surface area contributed by atoms with Crippen molar-refractivity contribution >= 4 is 5.91 Å². The molecule has 0 spiro atoms. The van der Waals surface area contributed by atoms with Crippen LogP contribution in [0.25, 0.3) is 0 Å². The molecule has 1 rings (SSSR count). The largest absolute Gasteiger partial charge is 0.345 e. The first-order valence-electron chi connectivity index (χ1n) is 4.28. The van der Waals surface area contributed by atoms with E-state index in [1.807, 2.05) is 0 Å². The molecule has 15 heavy (non-hydrogen) atoms. The van der Waals surface area contributed by atoms with E-state index < -0.39 is 17.5 Å². The van der Waals surface area contributed by atoms with Crippen LogP contribution in [0.4, 0.5) is 8.78 Å². The number of carbonyl (C=O) groups excluding carboxylic acids is 1. The lowest BCUT2D eigenvalue weighted by molar-refractivity contribution is -0.120. The topological polar surface area (TPSA) is 29.1 Å². The van der Waals surface area contributed by atoms with Gasteiger partial charge in [-0.1, -0.05) is 12.0 Å². The minimum Gasteiger partial charge on any atom is -0.345 e. The summed E-state index contributed by atoms with van der Waals surface area (Å²) in [5, 5.41) is 2.33. The van der Waals surface area contributed by atoms with Gasteiger partial charge in [-0.15, -0.1) is 6.42 Å². The van der Waals surface area contributed by atoms with E-state index in [9.17, 15) is 13.6 Å². The lowest BCUT2D eigenvalue weighted by Crippen LogP contribution is -2.26. The van der Waals surface area contributed by atoms with Gasteiger partial charge in [0.1, 0.15) is 11.6 Å². The number of benzene rings is 1. The number of hydrogen-bond acceptors (Lipinski definition) is 1. The minimum absolute atomic E-state index is 0.0505. The molecule has 1 amide bonds. The summed E-state index contributed by atoms with van der Waals surface area (Å²) in [6.45, 7) is 0.0505. The highest BCUT2D eigenvalue weighted by Crippen LogP contribution is 2.12. The fourth-order valence-corrected chi connectivity index (χ4v) is 1.07. The van der Waals surface area contributed by atoms with Gasteiger partial charge in [-0.05, 0) is 12.1 Å². The number of rotatable bonds is 3. The molecule has 0 unspecified atom stereocenters. The highest BCUT2D eigenvalue weighted by molar-refractivity contribution is 5.78. The number of nitrogens with one attached hydrogen (secondary N) is 1. The highest BCUT2D eigenvalue weighted by Gasteiger charge is 2.11. The molecule has 1 N–H and O–H groups in total. The Bertz CT molecular complexity index is 389. The summed E-state index contributed by atoms with van der Waals surface area (Å²) in [6, 6.07) is 3.45. The van der Waals surface area contributed by atoms with E-state index in [2.05, 4.69) is 11.2 Å². The number of hydrogen-bond donors (Lipinski definition) is 1. The van der Waals surface area contributed by atoms with Crippen LogP contribution in [-0.4, -0.2) is 12.5 Å². The van der Waals surface area contributed by atoms with Gasteiger partial charge in [0.2, 0.25) is 5.91 Å². The van der Waals surface area contributed by atoms with Gasteiger partial charge in [0.05, 0.1) is 13.0 Å². The second kappa shape index (κ2) is 5.11. The summed E-state index contributed by atoms with van der Waals surface area (Å²) in [7, 11) is 0. The maximum absolute atomic E-state index is 13.1. The van der Waals surface area contributed by atoms with Gasteiger partial charge < -0.3 is 5.32 Å². The Morgan fingerprint density at radius 2 is 2.00 bits per heavy atom. The van der Waals surface area contributed by atoms with E-state index in [4.69, 9.17) is 6.42 Å². The van der Waals surface area contributed by atoms with Gasteiger partial charge in [-0.2, -0.15) is 0 Å². The monoisotopic (exact) mass is 209 g/mol. The molecule has 0 aromatic heterocycles. The van der Waals surface area contributed by atoms with Crippen LogP contribution in [0.15, 0.2) is 18.2 Å².